The van der Waals surface area contributed by atoms with Crippen molar-refractivity contribution in [2.45, 2.75) is 57.9 Å². The highest BCUT2D eigenvalue weighted by Gasteiger charge is 2.34. The van der Waals surface area contributed by atoms with Gasteiger partial charge in [-0.1, -0.05) is 26.7 Å². The molecule has 2 heterocycles. The van der Waals surface area contributed by atoms with Gasteiger partial charge in [-0.2, -0.15) is 5.10 Å². The zero-order valence-electron chi connectivity index (χ0n) is 10.9. The van der Waals surface area contributed by atoms with E-state index in [1.54, 1.807) is 0 Å². The Bertz CT molecular complexity index is 396. The first-order chi connectivity index (χ1) is 8.29. The number of nitrogens with zero attached hydrogens (tertiary/aromatic N) is 2. The van der Waals surface area contributed by atoms with Crippen LogP contribution in [0, 0.1) is 5.92 Å². The molecule has 94 valence electrons. The molecule has 0 radical (unpaired) electrons. The van der Waals surface area contributed by atoms with E-state index < -0.39 is 0 Å². The second-order valence-electron chi connectivity index (χ2n) is 5.73. The molecule has 2 aliphatic rings. The summed E-state index contributed by atoms with van der Waals surface area (Å²) >= 11 is 0. The van der Waals surface area contributed by atoms with Crippen molar-refractivity contribution in [3.05, 3.63) is 11.8 Å². The molecule has 3 nitrogen and oxygen atoms in total. The van der Waals surface area contributed by atoms with E-state index in [0.717, 1.165) is 12.5 Å². The zero-order valence-corrected chi connectivity index (χ0v) is 10.9. The van der Waals surface area contributed by atoms with Crippen LogP contribution in [0.15, 0.2) is 6.07 Å². The van der Waals surface area contributed by atoms with E-state index in [2.05, 4.69) is 29.9 Å². The maximum absolute atomic E-state index is 4.87. The van der Waals surface area contributed by atoms with Crippen LogP contribution in [0.1, 0.15) is 63.6 Å². The van der Waals surface area contributed by atoms with Crippen LogP contribution in [-0.2, 0) is 0 Å². The number of hydrogen-bond donors (Lipinski definition) is 1. The Morgan fingerprint density at radius 3 is 3.24 bits per heavy atom. The van der Waals surface area contributed by atoms with Gasteiger partial charge in [0.15, 0.2) is 0 Å². The van der Waals surface area contributed by atoms with Crippen molar-refractivity contribution >= 4 is 5.82 Å². The van der Waals surface area contributed by atoms with E-state index in [1.165, 1.54) is 43.6 Å². The topological polar surface area (TPSA) is 29.9 Å². The number of hydrogen-bond acceptors (Lipinski definition) is 2. The van der Waals surface area contributed by atoms with Crippen molar-refractivity contribution in [1.29, 1.82) is 0 Å². The van der Waals surface area contributed by atoms with Crippen molar-refractivity contribution in [1.82, 2.24) is 9.78 Å². The summed E-state index contributed by atoms with van der Waals surface area (Å²) in [6.07, 6.45) is 6.54. The normalized spacial score (nSPS) is 28.4. The van der Waals surface area contributed by atoms with Gasteiger partial charge in [0.05, 0.1) is 11.7 Å². The molecule has 1 N–H and O–H groups in total. The Hall–Kier alpha value is -0.990. The summed E-state index contributed by atoms with van der Waals surface area (Å²) in [6, 6.07) is 2.95. The zero-order chi connectivity index (χ0) is 11.8. The number of rotatable bonds is 3. The van der Waals surface area contributed by atoms with Crippen LogP contribution in [-0.4, -0.2) is 16.3 Å². The summed E-state index contributed by atoms with van der Waals surface area (Å²) in [4.78, 5) is 0. The Labute approximate surface area is 104 Å². The predicted molar refractivity (Wildman–Crippen MR) is 70.4 cm³/mol. The lowest BCUT2D eigenvalue weighted by Gasteiger charge is -2.28. The van der Waals surface area contributed by atoms with E-state index >= 15 is 0 Å². The second kappa shape index (κ2) is 4.35. The molecule has 1 fully saturated rings. The Morgan fingerprint density at radius 1 is 1.53 bits per heavy atom. The van der Waals surface area contributed by atoms with Crippen LogP contribution >= 0.6 is 0 Å². The summed E-state index contributed by atoms with van der Waals surface area (Å²) in [7, 11) is 0. The standard InChI is InChI=1S/C14H23N3/c1-3-5-10(2)12-8-14-15-9-11-6-4-7-13(11)17(14)16-12/h8,10-11,13,15H,3-7,9H2,1-2H3. The van der Waals surface area contributed by atoms with Crippen molar-refractivity contribution in [3.8, 4) is 0 Å². The van der Waals surface area contributed by atoms with Gasteiger partial charge >= 0.3 is 0 Å². The lowest BCUT2D eigenvalue weighted by atomic mass is 10.0. The number of nitrogens with one attached hydrogen (secondary N) is 1. The van der Waals surface area contributed by atoms with Gasteiger partial charge < -0.3 is 5.32 Å². The highest BCUT2D eigenvalue weighted by Crippen LogP contribution is 2.41. The lowest BCUT2D eigenvalue weighted by Crippen LogP contribution is -2.29. The SMILES string of the molecule is CCCC(C)c1cc2n(n1)C1CCCC1CN2. The summed E-state index contributed by atoms with van der Waals surface area (Å²) < 4.78 is 2.28. The predicted octanol–water partition coefficient (Wildman–Crippen LogP) is 3.55. The number of fused-ring (bicyclic) bond motifs is 3. The maximum atomic E-state index is 4.87. The molecule has 1 saturated carbocycles. The molecule has 1 aliphatic carbocycles. The fourth-order valence-electron chi connectivity index (χ4n) is 3.43. The van der Waals surface area contributed by atoms with Crippen LogP contribution in [0.3, 0.4) is 0 Å². The Kier molecular flexibility index (Phi) is 2.85. The van der Waals surface area contributed by atoms with Gasteiger partial charge in [0.25, 0.3) is 0 Å². The molecule has 1 aromatic rings. The molecule has 3 atom stereocenters. The molecular formula is C14H23N3. The third-order valence-corrected chi connectivity index (χ3v) is 4.46. The first kappa shape index (κ1) is 11.1. The highest BCUT2D eigenvalue weighted by atomic mass is 15.4. The van der Waals surface area contributed by atoms with E-state index in [-0.39, 0.29) is 0 Å². The molecule has 1 aromatic heterocycles. The lowest BCUT2D eigenvalue weighted by molar-refractivity contribution is 0.344. The van der Waals surface area contributed by atoms with Gasteiger partial charge in [0, 0.05) is 18.5 Å². The Balaban J connectivity index is 1.87. The molecule has 1 aliphatic heterocycles. The monoisotopic (exact) mass is 233 g/mol. The number of aromatic nitrogens is 2. The summed E-state index contributed by atoms with van der Waals surface area (Å²) in [5, 5.41) is 8.42. The summed E-state index contributed by atoms with van der Waals surface area (Å²) in [6.45, 7) is 5.69. The largest absolute Gasteiger partial charge is 0.370 e. The van der Waals surface area contributed by atoms with Crippen molar-refractivity contribution < 1.29 is 0 Å². The molecule has 0 aromatic carbocycles. The van der Waals surface area contributed by atoms with Crippen LogP contribution in [0.5, 0.6) is 0 Å². The van der Waals surface area contributed by atoms with E-state index in [4.69, 9.17) is 5.10 Å². The summed E-state index contributed by atoms with van der Waals surface area (Å²) in [5.74, 6) is 2.67. The third kappa shape index (κ3) is 1.85. The molecule has 0 spiro atoms. The molecule has 3 rings (SSSR count). The average molecular weight is 233 g/mol. The van der Waals surface area contributed by atoms with Gasteiger partial charge in [-0.05, 0) is 25.2 Å². The second-order valence-corrected chi connectivity index (χ2v) is 5.73. The smallest absolute Gasteiger partial charge is 0.124 e. The fraction of sp³-hybridized carbons (Fsp3) is 0.786. The van der Waals surface area contributed by atoms with Crippen LogP contribution in [0.25, 0.3) is 0 Å². The quantitative estimate of drug-likeness (QED) is 0.865. The van der Waals surface area contributed by atoms with Gasteiger partial charge in [-0.3, -0.25) is 0 Å². The molecule has 0 amide bonds. The maximum Gasteiger partial charge on any atom is 0.124 e. The van der Waals surface area contributed by atoms with Gasteiger partial charge in [-0.15, -0.1) is 0 Å². The van der Waals surface area contributed by atoms with Crippen molar-refractivity contribution in [3.63, 3.8) is 0 Å². The van der Waals surface area contributed by atoms with E-state index in [0.29, 0.717) is 12.0 Å². The van der Waals surface area contributed by atoms with Crippen LogP contribution < -0.4 is 5.32 Å². The first-order valence-electron chi connectivity index (χ1n) is 7.13. The molecule has 3 unspecified atom stereocenters. The van der Waals surface area contributed by atoms with E-state index in [1.807, 2.05) is 0 Å². The minimum atomic E-state index is 0.597. The minimum Gasteiger partial charge on any atom is -0.370 e. The molecule has 0 bridgehead atoms. The van der Waals surface area contributed by atoms with Gasteiger partial charge in [0.1, 0.15) is 5.82 Å². The molecule has 17 heavy (non-hydrogen) atoms. The highest BCUT2D eigenvalue weighted by molar-refractivity contribution is 5.41. The molecular weight excluding hydrogens is 210 g/mol. The van der Waals surface area contributed by atoms with Gasteiger partial charge in [-0.25, -0.2) is 4.68 Å². The average Bonchev–Trinajstić information content (AvgIpc) is 2.94. The van der Waals surface area contributed by atoms with Gasteiger partial charge in [0.2, 0.25) is 0 Å². The molecule has 0 saturated heterocycles. The number of anilines is 1. The Morgan fingerprint density at radius 2 is 2.41 bits per heavy atom. The third-order valence-electron chi connectivity index (χ3n) is 4.46. The first-order valence-corrected chi connectivity index (χ1v) is 7.13. The molecule has 3 heteroatoms. The van der Waals surface area contributed by atoms with Crippen LogP contribution in [0.4, 0.5) is 5.82 Å². The van der Waals surface area contributed by atoms with E-state index in [9.17, 15) is 0 Å². The van der Waals surface area contributed by atoms with Crippen molar-refractivity contribution in [2.75, 3.05) is 11.9 Å². The minimum absolute atomic E-state index is 0.597. The van der Waals surface area contributed by atoms with Crippen LogP contribution in [0.2, 0.25) is 0 Å². The summed E-state index contributed by atoms with van der Waals surface area (Å²) in [5.41, 5.74) is 1.28. The fourth-order valence-corrected chi connectivity index (χ4v) is 3.43. The van der Waals surface area contributed by atoms with Crippen molar-refractivity contribution in [2.24, 2.45) is 5.92 Å².